The molecule has 4 aromatic heterocycles. The third-order valence-corrected chi connectivity index (χ3v) is 5.77. The van der Waals surface area contributed by atoms with Crippen molar-refractivity contribution >= 4 is 17.0 Å². The monoisotopic (exact) mass is 459 g/mol. The van der Waals surface area contributed by atoms with E-state index in [0.29, 0.717) is 39.5 Å². The molecule has 5 aromatic rings. The molecule has 0 saturated carbocycles. The second-order valence-corrected chi connectivity index (χ2v) is 8.18. The minimum Gasteiger partial charge on any atom is -0.466 e. The van der Waals surface area contributed by atoms with E-state index in [1.54, 1.807) is 37.5 Å². The number of aromatic nitrogens is 4. The molecule has 1 atom stereocenters. The summed E-state index contributed by atoms with van der Waals surface area (Å²) < 4.78 is 26.5. The molecule has 172 valence electrons. The second-order valence-electron chi connectivity index (χ2n) is 8.18. The van der Waals surface area contributed by atoms with Gasteiger partial charge in [-0.2, -0.15) is 0 Å². The van der Waals surface area contributed by atoms with Crippen molar-refractivity contribution < 1.29 is 18.1 Å². The highest BCUT2D eigenvalue weighted by Crippen LogP contribution is 2.31. The molecule has 0 aliphatic heterocycles. The molecule has 0 bridgehead atoms. The van der Waals surface area contributed by atoms with E-state index < -0.39 is 6.04 Å². The normalized spacial score (nSPS) is 12.3. The van der Waals surface area contributed by atoms with Gasteiger partial charge in [0, 0.05) is 25.0 Å². The molecule has 0 radical (unpaired) electrons. The van der Waals surface area contributed by atoms with E-state index in [1.165, 1.54) is 12.1 Å². The number of imidazole rings is 1. The number of nitrogens with zero attached hydrogens (tertiary/aromatic N) is 4. The Kier molecular flexibility index (Phi) is 5.24. The van der Waals surface area contributed by atoms with Gasteiger partial charge < -0.3 is 18.8 Å². The first-order chi connectivity index (χ1) is 16.3. The summed E-state index contributed by atoms with van der Waals surface area (Å²) in [6, 6.07) is 8.93. The number of furan rings is 1. The number of aryl methyl sites for hydroxylation is 4. The first-order valence-electron chi connectivity index (χ1n) is 10.7. The van der Waals surface area contributed by atoms with E-state index in [4.69, 9.17) is 8.94 Å². The highest BCUT2D eigenvalue weighted by atomic mass is 19.1. The van der Waals surface area contributed by atoms with Crippen LogP contribution in [0.25, 0.3) is 22.4 Å². The molecule has 1 unspecified atom stereocenters. The topological polar surface area (TPSA) is 99.0 Å². The molecular formula is C25H22FN5O3. The summed E-state index contributed by atoms with van der Waals surface area (Å²) in [6.45, 7) is 5.44. The van der Waals surface area contributed by atoms with E-state index in [2.05, 4.69) is 20.4 Å². The van der Waals surface area contributed by atoms with Crippen molar-refractivity contribution in [1.29, 1.82) is 0 Å². The first kappa shape index (κ1) is 21.6. The number of rotatable bonds is 5. The Hall–Kier alpha value is -4.27. The van der Waals surface area contributed by atoms with E-state index in [0.717, 1.165) is 11.3 Å². The number of carbonyl (C=O) groups excluding carboxylic acids is 1. The van der Waals surface area contributed by atoms with Gasteiger partial charge in [0.15, 0.2) is 0 Å². The molecule has 0 fully saturated rings. The largest absolute Gasteiger partial charge is 0.466 e. The summed E-state index contributed by atoms with van der Waals surface area (Å²) in [4.78, 5) is 22.7. The number of nitrogens with one attached hydrogen (secondary N) is 1. The Bertz CT molecular complexity index is 1510. The van der Waals surface area contributed by atoms with E-state index in [-0.39, 0.29) is 17.4 Å². The average Bonchev–Trinajstić information content (AvgIpc) is 3.50. The fourth-order valence-electron chi connectivity index (χ4n) is 4.11. The number of hydrogen-bond donors (Lipinski definition) is 1. The Labute approximate surface area is 194 Å². The number of amides is 1. The number of halogens is 1. The van der Waals surface area contributed by atoms with Crippen LogP contribution in [0.2, 0.25) is 0 Å². The third kappa shape index (κ3) is 3.75. The van der Waals surface area contributed by atoms with Gasteiger partial charge in [0.2, 0.25) is 0 Å². The van der Waals surface area contributed by atoms with Crippen molar-refractivity contribution in [3.05, 3.63) is 88.8 Å². The number of carbonyl (C=O) groups is 1. The summed E-state index contributed by atoms with van der Waals surface area (Å²) >= 11 is 0. The van der Waals surface area contributed by atoms with Crippen LogP contribution in [0.15, 0.2) is 57.7 Å². The molecule has 9 heteroatoms. The van der Waals surface area contributed by atoms with Crippen LogP contribution in [0.4, 0.5) is 4.39 Å². The zero-order valence-electron chi connectivity index (χ0n) is 19.1. The van der Waals surface area contributed by atoms with Crippen molar-refractivity contribution in [2.45, 2.75) is 26.8 Å². The van der Waals surface area contributed by atoms with Crippen molar-refractivity contribution in [3.63, 3.8) is 0 Å². The van der Waals surface area contributed by atoms with Gasteiger partial charge in [-0.3, -0.25) is 4.79 Å². The fourth-order valence-corrected chi connectivity index (χ4v) is 4.11. The Balaban J connectivity index is 1.61. The summed E-state index contributed by atoms with van der Waals surface area (Å²) in [6.07, 6.45) is 3.43. The summed E-state index contributed by atoms with van der Waals surface area (Å²) in [7, 11) is 1.84. The van der Waals surface area contributed by atoms with Crippen LogP contribution in [0.5, 0.6) is 0 Å². The van der Waals surface area contributed by atoms with Crippen LogP contribution < -0.4 is 5.32 Å². The second kappa shape index (κ2) is 8.26. The van der Waals surface area contributed by atoms with Crippen molar-refractivity contribution in [2.24, 2.45) is 7.05 Å². The molecule has 4 heterocycles. The first-order valence-corrected chi connectivity index (χ1v) is 10.7. The molecule has 1 N–H and O–H groups in total. The lowest BCUT2D eigenvalue weighted by molar-refractivity contribution is 0.0942. The molecule has 1 aromatic carbocycles. The smallest absolute Gasteiger partial charge is 0.259 e. The summed E-state index contributed by atoms with van der Waals surface area (Å²) in [5.41, 5.74) is 3.17. The van der Waals surface area contributed by atoms with Gasteiger partial charge in [-0.25, -0.2) is 14.4 Å². The van der Waals surface area contributed by atoms with Gasteiger partial charge in [-0.15, -0.1) is 0 Å². The maximum absolute atomic E-state index is 13.7. The van der Waals surface area contributed by atoms with Crippen molar-refractivity contribution in [2.75, 3.05) is 0 Å². The predicted molar refractivity (Wildman–Crippen MR) is 123 cm³/mol. The SMILES string of the molecule is Cc1cc(-c2cc(C(=O)NC(c3ccc(F)cc3)c3nccn3C)c3c(C)noc3n2)c(C)o1. The van der Waals surface area contributed by atoms with Gasteiger partial charge in [0.25, 0.3) is 11.6 Å². The van der Waals surface area contributed by atoms with Gasteiger partial charge in [0.1, 0.15) is 29.2 Å². The highest BCUT2D eigenvalue weighted by Gasteiger charge is 2.26. The molecule has 1 amide bonds. The zero-order chi connectivity index (χ0) is 24.0. The van der Waals surface area contributed by atoms with Gasteiger partial charge in [-0.05, 0) is 50.6 Å². The van der Waals surface area contributed by atoms with Crippen LogP contribution in [0.1, 0.15) is 45.0 Å². The standard InChI is InChI=1S/C25H22FN5O3/c1-13-11-18(15(3)33-13)20-12-19(21-14(2)30-34-25(21)28-20)24(32)29-22(23-27-9-10-31(23)4)16-5-7-17(26)8-6-16/h5-12,22H,1-4H3,(H,29,32). The molecule has 8 nitrogen and oxygen atoms in total. The van der Waals surface area contributed by atoms with Crippen LogP contribution in [-0.4, -0.2) is 25.6 Å². The molecule has 34 heavy (non-hydrogen) atoms. The molecule has 5 rings (SSSR count). The molecule has 0 aliphatic rings. The molecule has 0 saturated heterocycles. The maximum atomic E-state index is 13.7. The number of benzene rings is 1. The third-order valence-electron chi connectivity index (χ3n) is 5.77. The Morgan fingerprint density at radius 3 is 2.56 bits per heavy atom. The number of pyridine rings is 1. The van der Waals surface area contributed by atoms with Crippen LogP contribution in [0, 0.1) is 26.6 Å². The maximum Gasteiger partial charge on any atom is 0.259 e. The van der Waals surface area contributed by atoms with E-state index in [9.17, 15) is 9.18 Å². The van der Waals surface area contributed by atoms with E-state index >= 15 is 0 Å². The average molecular weight is 459 g/mol. The van der Waals surface area contributed by atoms with Crippen molar-refractivity contribution in [3.8, 4) is 11.3 Å². The fraction of sp³-hybridized carbons (Fsp3) is 0.200. The van der Waals surface area contributed by atoms with Gasteiger partial charge in [-0.1, -0.05) is 17.3 Å². The quantitative estimate of drug-likeness (QED) is 0.405. The summed E-state index contributed by atoms with van der Waals surface area (Å²) in [5, 5.41) is 7.59. The van der Waals surface area contributed by atoms with Gasteiger partial charge in [0.05, 0.1) is 22.3 Å². The highest BCUT2D eigenvalue weighted by molar-refractivity contribution is 6.07. The minimum absolute atomic E-state index is 0.258. The Morgan fingerprint density at radius 1 is 1.15 bits per heavy atom. The molecule has 0 aliphatic carbocycles. The minimum atomic E-state index is -0.613. The lowest BCUT2D eigenvalue weighted by Crippen LogP contribution is -2.31. The van der Waals surface area contributed by atoms with Gasteiger partial charge >= 0.3 is 0 Å². The predicted octanol–water partition coefficient (Wildman–Crippen LogP) is 4.80. The number of fused-ring (bicyclic) bond motifs is 1. The zero-order valence-corrected chi connectivity index (χ0v) is 19.1. The van der Waals surface area contributed by atoms with Crippen LogP contribution >= 0.6 is 0 Å². The molecular weight excluding hydrogens is 437 g/mol. The van der Waals surface area contributed by atoms with Crippen LogP contribution in [0.3, 0.4) is 0 Å². The van der Waals surface area contributed by atoms with Crippen LogP contribution in [-0.2, 0) is 7.05 Å². The van der Waals surface area contributed by atoms with Crippen molar-refractivity contribution in [1.82, 2.24) is 25.0 Å². The van der Waals surface area contributed by atoms with E-state index in [1.807, 2.05) is 31.5 Å². The lowest BCUT2D eigenvalue weighted by atomic mass is 10.0. The summed E-state index contributed by atoms with van der Waals surface area (Å²) in [5.74, 6) is 1.30. The Morgan fingerprint density at radius 2 is 1.91 bits per heavy atom. The molecule has 0 spiro atoms. The lowest BCUT2D eigenvalue weighted by Gasteiger charge is -2.19. The number of hydrogen-bond acceptors (Lipinski definition) is 6.